The van der Waals surface area contributed by atoms with Crippen molar-refractivity contribution in [3.05, 3.63) is 65.5 Å². The second-order valence-corrected chi connectivity index (χ2v) is 5.94. The fourth-order valence-electron chi connectivity index (χ4n) is 2.80. The van der Waals surface area contributed by atoms with Crippen LogP contribution in [-0.2, 0) is 16.9 Å². The Morgan fingerprint density at radius 1 is 1.12 bits per heavy atom. The molecule has 0 aromatic heterocycles. The molecule has 1 saturated heterocycles. The van der Waals surface area contributed by atoms with Crippen LogP contribution in [0.4, 0.5) is 18.0 Å². The van der Waals surface area contributed by atoms with E-state index in [9.17, 15) is 22.8 Å². The number of carbonyl (C=O) groups is 2. The van der Waals surface area contributed by atoms with Gasteiger partial charge in [-0.1, -0.05) is 30.3 Å². The largest absolute Gasteiger partial charge is 0.435 e. The van der Waals surface area contributed by atoms with Crippen molar-refractivity contribution in [1.29, 1.82) is 0 Å². The molecule has 3 amide bonds. The van der Waals surface area contributed by atoms with Crippen LogP contribution < -0.4 is 10.1 Å². The van der Waals surface area contributed by atoms with Crippen molar-refractivity contribution >= 4 is 11.9 Å². The third-order valence-electron chi connectivity index (χ3n) is 4.22. The first-order valence-corrected chi connectivity index (χ1v) is 7.74. The minimum Gasteiger partial charge on any atom is -0.435 e. The molecule has 1 unspecified atom stereocenters. The Morgan fingerprint density at radius 3 is 2.38 bits per heavy atom. The number of alkyl halides is 2. The van der Waals surface area contributed by atoms with Crippen molar-refractivity contribution in [2.45, 2.75) is 25.6 Å². The number of carbonyl (C=O) groups excluding carboxylic acids is 2. The smallest absolute Gasteiger partial charge is 0.387 e. The van der Waals surface area contributed by atoms with E-state index in [0.29, 0.717) is 5.56 Å². The number of benzene rings is 2. The Morgan fingerprint density at radius 2 is 1.77 bits per heavy atom. The number of hydrogen-bond donors (Lipinski definition) is 1. The predicted molar refractivity (Wildman–Crippen MR) is 85.9 cm³/mol. The second kappa shape index (κ2) is 6.70. The highest BCUT2D eigenvalue weighted by Gasteiger charge is 2.49. The maximum atomic E-state index is 13.8. The van der Waals surface area contributed by atoms with Gasteiger partial charge in [-0.2, -0.15) is 8.78 Å². The summed E-state index contributed by atoms with van der Waals surface area (Å²) in [6.07, 6.45) is 0. The molecular weight excluding hydrogens is 349 g/mol. The molecule has 8 heteroatoms. The molecule has 2 aromatic rings. The van der Waals surface area contributed by atoms with E-state index in [-0.39, 0.29) is 17.9 Å². The van der Waals surface area contributed by atoms with Crippen LogP contribution in [0.3, 0.4) is 0 Å². The lowest BCUT2D eigenvalue weighted by Gasteiger charge is -2.22. The number of nitrogens with zero attached hydrogens (tertiary/aromatic N) is 1. The number of halogens is 3. The fourth-order valence-corrected chi connectivity index (χ4v) is 2.80. The summed E-state index contributed by atoms with van der Waals surface area (Å²) in [5, 5.41) is 2.57. The summed E-state index contributed by atoms with van der Waals surface area (Å²) in [5.74, 6) is -1.14. The Balaban J connectivity index is 1.83. The Kier molecular flexibility index (Phi) is 4.58. The molecule has 5 nitrogen and oxygen atoms in total. The van der Waals surface area contributed by atoms with Gasteiger partial charge in [-0.05, 0) is 30.7 Å². The highest BCUT2D eigenvalue weighted by molar-refractivity contribution is 6.07. The van der Waals surface area contributed by atoms with E-state index in [1.165, 1.54) is 49.4 Å². The summed E-state index contributed by atoms with van der Waals surface area (Å²) >= 11 is 0. The normalized spacial score (nSPS) is 19.8. The topological polar surface area (TPSA) is 58.6 Å². The first-order valence-electron chi connectivity index (χ1n) is 7.74. The first-order chi connectivity index (χ1) is 12.3. The Hall–Kier alpha value is -3.03. The summed E-state index contributed by atoms with van der Waals surface area (Å²) in [6.45, 7) is -1.67. The van der Waals surface area contributed by atoms with Gasteiger partial charge in [0, 0.05) is 5.56 Å². The molecule has 26 heavy (non-hydrogen) atoms. The molecule has 0 radical (unpaired) electrons. The van der Waals surface area contributed by atoms with Crippen molar-refractivity contribution in [2.24, 2.45) is 0 Å². The summed E-state index contributed by atoms with van der Waals surface area (Å²) in [7, 11) is 0. The van der Waals surface area contributed by atoms with Gasteiger partial charge in [-0.3, -0.25) is 9.69 Å². The third kappa shape index (κ3) is 3.22. The summed E-state index contributed by atoms with van der Waals surface area (Å²) in [6, 6.07) is 10.6. The minimum absolute atomic E-state index is 0.0627. The van der Waals surface area contributed by atoms with E-state index in [4.69, 9.17) is 0 Å². The molecule has 0 bridgehead atoms. The predicted octanol–water partition coefficient (Wildman–Crippen LogP) is 3.39. The monoisotopic (exact) mass is 364 g/mol. The number of hydrogen-bond acceptors (Lipinski definition) is 3. The zero-order valence-electron chi connectivity index (χ0n) is 13.7. The van der Waals surface area contributed by atoms with Crippen molar-refractivity contribution in [3.8, 4) is 5.75 Å². The lowest BCUT2D eigenvalue weighted by molar-refractivity contribution is -0.131. The van der Waals surface area contributed by atoms with Crippen LogP contribution in [0.5, 0.6) is 5.75 Å². The van der Waals surface area contributed by atoms with E-state index in [1.54, 1.807) is 6.07 Å². The maximum absolute atomic E-state index is 13.8. The van der Waals surface area contributed by atoms with Crippen molar-refractivity contribution in [2.75, 3.05) is 0 Å². The van der Waals surface area contributed by atoms with Crippen LogP contribution in [-0.4, -0.2) is 23.4 Å². The fraction of sp³-hybridized carbons (Fsp3) is 0.222. The zero-order valence-corrected chi connectivity index (χ0v) is 13.7. The highest BCUT2D eigenvalue weighted by atomic mass is 19.3. The molecule has 1 aliphatic heterocycles. The van der Waals surface area contributed by atoms with Gasteiger partial charge in [0.1, 0.15) is 17.1 Å². The summed E-state index contributed by atoms with van der Waals surface area (Å²) in [5.41, 5.74) is -0.777. The molecule has 0 spiro atoms. The number of urea groups is 1. The number of rotatable bonds is 5. The summed E-state index contributed by atoms with van der Waals surface area (Å²) < 4.78 is 42.5. The lowest BCUT2D eigenvalue weighted by Crippen LogP contribution is -2.40. The Bertz CT molecular complexity index is 842. The number of nitrogens with one attached hydrogen (secondary N) is 1. The lowest BCUT2D eigenvalue weighted by atomic mass is 9.92. The van der Waals surface area contributed by atoms with Crippen LogP contribution in [0.25, 0.3) is 0 Å². The van der Waals surface area contributed by atoms with E-state index >= 15 is 0 Å². The average molecular weight is 364 g/mol. The number of amides is 3. The molecule has 0 aliphatic carbocycles. The van der Waals surface area contributed by atoms with Crippen LogP contribution in [0.15, 0.2) is 48.5 Å². The molecule has 2 aromatic carbocycles. The molecule has 1 N–H and O–H groups in total. The SMILES string of the molecule is CC1(c2ccc(OC(F)F)cc2)NC(=O)N(Cc2ccccc2F)C1=O. The molecule has 0 saturated carbocycles. The number of ether oxygens (including phenoxy) is 1. The van der Waals surface area contributed by atoms with Gasteiger partial charge in [0.15, 0.2) is 0 Å². The standard InChI is InChI=1S/C18H15F3N2O3/c1-18(12-6-8-13(9-7-12)26-16(20)21)15(24)23(17(25)22-18)10-11-4-2-3-5-14(11)19/h2-9,16H,10H2,1H3,(H,22,25). The molecule has 1 heterocycles. The van der Waals surface area contributed by atoms with Crippen LogP contribution in [0.2, 0.25) is 0 Å². The van der Waals surface area contributed by atoms with E-state index in [2.05, 4.69) is 10.1 Å². The van der Waals surface area contributed by atoms with Gasteiger partial charge in [0.2, 0.25) is 0 Å². The molecule has 1 aliphatic rings. The molecule has 136 valence electrons. The quantitative estimate of drug-likeness (QED) is 0.828. The molecular formula is C18H15F3N2O3. The third-order valence-corrected chi connectivity index (χ3v) is 4.22. The summed E-state index contributed by atoms with van der Waals surface area (Å²) in [4.78, 5) is 26.0. The minimum atomic E-state index is -2.96. The van der Waals surface area contributed by atoms with E-state index in [0.717, 1.165) is 4.90 Å². The highest BCUT2D eigenvalue weighted by Crippen LogP contribution is 2.31. The molecule has 1 fully saturated rings. The number of imide groups is 1. The Labute approximate surface area is 147 Å². The van der Waals surface area contributed by atoms with Crippen molar-refractivity contribution < 1.29 is 27.5 Å². The van der Waals surface area contributed by atoms with Gasteiger partial charge in [-0.25, -0.2) is 9.18 Å². The van der Waals surface area contributed by atoms with Gasteiger partial charge < -0.3 is 10.1 Å². The van der Waals surface area contributed by atoms with Gasteiger partial charge in [-0.15, -0.1) is 0 Å². The van der Waals surface area contributed by atoms with Crippen molar-refractivity contribution in [1.82, 2.24) is 10.2 Å². The zero-order chi connectivity index (χ0) is 18.9. The van der Waals surface area contributed by atoms with Crippen LogP contribution in [0, 0.1) is 5.82 Å². The molecule has 1 atom stereocenters. The van der Waals surface area contributed by atoms with Crippen molar-refractivity contribution in [3.63, 3.8) is 0 Å². The van der Waals surface area contributed by atoms with Crippen LogP contribution in [0.1, 0.15) is 18.1 Å². The second-order valence-electron chi connectivity index (χ2n) is 5.94. The van der Waals surface area contributed by atoms with Gasteiger partial charge in [0.05, 0.1) is 6.54 Å². The van der Waals surface area contributed by atoms with Gasteiger partial charge >= 0.3 is 12.6 Å². The van der Waals surface area contributed by atoms with Gasteiger partial charge in [0.25, 0.3) is 5.91 Å². The van der Waals surface area contributed by atoms with E-state index in [1.807, 2.05) is 0 Å². The maximum Gasteiger partial charge on any atom is 0.387 e. The van der Waals surface area contributed by atoms with E-state index < -0.39 is 29.9 Å². The van der Waals surface area contributed by atoms with Crippen LogP contribution >= 0.6 is 0 Å². The average Bonchev–Trinajstić information content (AvgIpc) is 2.81. The molecule has 3 rings (SSSR count). The first kappa shape index (κ1) is 17.8.